The molecule has 0 bridgehead atoms. The van der Waals surface area contributed by atoms with Crippen molar-refractivity contribution in [3.05, 3.63) is 166 Å². The monoisotopic (exact) mass is 515 g/mol. The summed E-state index contributed by atoms with van der Waals surface area (Å²) in [5, 5.41) is 10.1. The molecule has 8 rings (SSSR count). The number of nitrogens with one attached hydrogen (secondary N) is 1. The molecule has 40 heavy (non-hydrogen) atoms. The molecule has 0 heterocycles. The van der Waals surface area contributed by atoms with Crippen molar-refractivity contribution in [3.8, 4) is 0 Å². The van der Waals surface area contributed by atoms with Crippen molar-refractivity contribution >= 4 is 30.3 Å². The predicted octanol–water partition coefficient (Wildman–Crippen LogP) is 8.60. The molecule has 3 nitrogen and oxygen atoms in total. The third-order valence-corrected chi connectivity index (χ3v) is 8.78. The summed E-state index contributed by atoms with van der Waals surface area (Å²) in [4.78, 5) is 4.66. The van der Waals surface area contributed by atoms with Crippen LogP contribution in [0.1, 0.15) is 68.7 Å². The highest BCUT2D eigenvalue weighted by Crippen LogP contribution is 2.47. The largest absolute Gasteiger partial charge is 0.322 e. The van der Waals surface area contributed by atoms with E-state index >= 15 is 0 Å². The molecule has 4 aliphatic carbocycles. The van der Waals surface area contributed by atoms with Gasteiger partial charge in [-0.15, -0.1) is 0 Å². The Kier molecular flexibility index (Phi) is 5.24. The van der Waals surface area contributed by atoms with Crippen LogP contribution in [0, 0.1) is 5.41 Å². The molecular weight excluding hydrogens is 486 g/mol. The third-order valence-electron chi connectivity index (χ3n) is 8.78. The average molecular weight is 516 g/mol. The molecule has 0 fully saturated rings. The van der Waals surface area contributed by atoms with Crippen molar-refractivity contribution in [2.45, 2.75) is 24.2 Å². The van der Waals surface area contributed by atoms with Gasteiger partial charge >= 0.3 is 0 Å². The van der Waals surface area contributed by atoms with E-state index in [1.807, 2.05) is 0 Å². The van der Waals surface area contributed by atoms with Crippen LogP contribution in [-0.2, 0) is 0 Å². The van der Waals surface area contributed by atoms with E-state index in [2.05, 4.69) is 155 Å². The average Bonchev–Trinajstić information content (AvgIpc) is 3.80. The first kappa shape index (κ1) is 23.0. The lowest BCUT2D eigenvalue weighted by Gasteiger charge is -2.45. The van der Waals surface area contributed by atoms with E-state index in [0.29, 0.717) is 5.96 Å². The number of rotatable bonds is 4. The second-order valence-corrected chi connectivity index (χ2v) is 10.9. The number of hydrogen-bond donors (Lipinski definition) is 1. The van der Waals surface area contributed by atoms with Gasteiger partial charge in [0.15, 0.2) is 5.96 Å². The van der Waals surface area contributed by atoms with Gasteiger partial charge in [0.05, 0.1) is 24.2 Å². The van der Waals surface area contributed by atoms with Gasteiger partial charge in [-0.05, 0) is 44.5 Å². The molecule has 0 radical (unpaired) electrons. The molecule has 0 aliphatic heterocycles. The summed E-state index contributed by atoms with van der Waals surface area (Å²) in [6.45, 7) is 0. The fourth-order valence-corrected chi connectivity index (χ4v) is 6.90. The summed E-state index contributed by atoms with van der Waals surface area (Å²) in [6, 6.07) is 34.2. The first-order chi connectivity index (χ1) is 19.8. The zero-order valence-corrected chi connectivity index (χ0v) is 22.1. The third kappa shape index (κ3) is 3.48. The normalized spacial score (nSPS) is 22.2. The molecule has 4 aliphatic rings. The van der Waals surface area contributed by atoms with Gasteiger partial charge in [-0.3, -0.25) is 5.41 Å². The van der Waals surface area contributed by atoms with E-state index in [0.717, 1.165) is 0 Å². The molecule has 0 spiro atoms. The predicted molar refractivity (Wildman–Crippen MR) is 164 cm³/mol. The van der Waals surface area contributed by atoms with Gasteiger partial charge in [-0.25, -0.2) is 0 Å². The molecule has 4 aromatic rings. The Hall–Kier alpha value is -4.89. The fourth-order valence-electron chi connectivity index (χ4n) is 6.90. The molecule has 4 aromatic carbocycles. The van der Waals surface area contributed by atoms with Crippen molar-refractivity contribution in [1.82, 2.24) is 9.80 Å². The van der Waals surface area contributed by atoms with Gasteiger partial charge in [0.2, 0.25) is 0 Å². The van der Waals surface area contributed by atoms with E-state index in [1.165, 1.54) is 44.5 Å². The zero-order chi connectivity index (χ0) is 26.6. The lowest BCUT2D eigenvalue weighted by Crippen LogP contribution is -2.48. The van der Waals surface area contributed by atoms with Gasteiger partial charge in [-0.2, -0.15) is 0 Å². The minimum atomic E-state index is -0.0479. The molecule has 0 saturated carbocycles. The number of nitrogens with zero attached hydrogens (tertiary/aromatic N) is 2. The smallest absolute Gasteiger partial charge is 0.196 e. The minimum Gasteiger partial charge on any atom is -0.322 e. The second-order valence-electron chi connectivity index (χ2n) is 10.9. The van der Waals surface area contributed by atoms with E-state index in [-0.39, 0.29) is 24.2 Å². The Labute approximate surface area is 235 Å². The van der Waals surface area contributed by atoms with Crippen LogP contribution in [0.3, 0.4) is 0 Å². The maximum atomic E-state index is 10.1. The topological polar surface area (TPSA) is 30.3 Å². The fraction of sp³-hybridized carbons (Fsp3) is 0.108. The van der Waals surface area contributed by atoms with E-state index in [4.69, 9.17) is 0 Å². The van der Waals surface area contributed by atoms with Crippen LogP contribution in [-0.4, -0.2) is 15.8 Å². The summed E-state index contributed by atoms with van der Waals surface area (Å²) in [6.07, 6.45) is 17.9. The zero-order valence-electron chi connectivity index (χ0n) is 22.1. The molecule has 3 heteroatoms. The lowest BCUT2D eigenvalue weighted by atomic mass is 9.98. The van der Waals surface area contributed by atoms with Gasteiger partial charge in [0.1, 0.15) is 0 Å². The van der Waals surface area contributed by atoms with Gasteiger partial charge in [-0.1, -0.05) is 146 Å². The number of benzene rings is 4. The first-order valence-corrected chi connectivity index (χ1v) is 14.0. The van der Waals surface area contributed by atoms with Gasteiger partial charge in [0.25, 0.3) is 0 Å². The lowest BCUT2D eigenvalue weighted by molar-refractivity contribution is 0.219. The molecule has 192 valence electrons. The molecular formula is C37H29N3. The highest BCUT2D eigenvalue weighted by molar-refractivity contribution is 5.84. The molecule has 0 amide bonds. The van der Waals surface area contributed by atoms with Crippen LogP contribution in [0.25, 0.3) is 24.3 Å². The van der Waals surface area contributed by atoms with Crippen molar-refractivity contribution < 1.29 is 0 Å². The Balaban J connectivity index is 1.30. The van der Waals surface area contributed by atoms with E-state index < -0.39 is 0 Å². The Morgan fingerprint density at radius 1 is 0.400 bits per heavy atom. The Morgan fingerprint density at radius 2 is 0.650 bits per heavy atom. The Bertz CT molecular complexity index is 1520. The van der Waals surface area contributed by atoms with Crippen LogP contribution >= 0.6 is 0 Å². The molecule has 0 saturated heterocycles. The summed E-state index contributed by atoms with van der Waals surface area (Å²) in [7, 11) is 0. The van der Waals surface area contributed by atoms with Gasteiger partial charge in [0, 0.05) is 0 Å². The van der Waals surface area contributed by atoms with Crippen molar-refractivity contribution in [2.75, 3.05) is 0 Å². The summed E-state index contributed by atoms with van der Waals surface area (Å²) in [5.41, 5.74) is 9.89. The maximum absolute atomic E-state index is 10.1. The minimum absolute atomic E-state index is 0.0479. The molecule has 4 unspecified atom stereocenters. The second kappa shape index (κ2) is 9.10. The van der Waals surface area contributed by atoms with Crippen LogP contribution in [0.15, 0.2) is 121 Å². The highest BCUT2D eigenvalue weighted by Gasteiger charge is 2.41. The molecule has 0 aromatic heterocycles. The Morgan fingerprint density at radius 3 is 0.925 bits per heavy atom. The highest BCUT2D eigenvalue weighted by atomic mass is 15.4. The van der Waals surface area contributed by atoms with E-state index in [1.54, 1.807) is 0 Å². The van der Waals surface area contributed by atoms with Crippen molar-refractivity contribution in [1.29, 1.82) is 5.41 Å². The summed E-state index contributed by atoms with van der Waals surface area (Å²) < 4.78 is 0. The van der Waals surface area contributed by atoms with Crippen molar-refractivity contribution in [3.63, 3.8) is 0 Å². The molecule has 4 atom stereocenters. The number of hydrogen-bond acceptors (Lipinski definition) is 1. The first-order valence-electron chi connectivity index (χ1n) is 14.0. The van der Waals surface area contributed by atoms with E-state index in [9.17, 15) is 5.41 Å². The van der Waals surface area contributed by atoms with Crippen molar-refractivity contribution in [2.24, 2.45) is 0 Å². The van der Waals surface area contributed by atoms with Gasteiger partial charge < -0.3 is 9.80 Å². The standard InChI is InChI=1S/C37H29N3/c38-37(39(33-21-17-25-9-1-5-13-29(25)33)34-22-18-26-10-2-6-14-30(26)34)40(35-23-19-27-11-3-7-15-31(27)35)36-24-20-28-12-4-8-16-32(28)36/h1-24,33-36,38H. The van der Waals surface area contributed by atoms with Crippen LogP contribution in [0.2, 0.25) is 0 Å². The van der Waals surface area contributed by atoms with Crippen LogP contribution < -0.4 is 0 Å². The molecule has 1 N–H and O–H groups in total. The van der Waals surface area contributed by atoms with Crippen LogP contribution in [0.5, 0.6) is 0 Å². The maximum Gasteiger partial charge on any atom is 0.196 e. The van der Waals surface area contributed by atoms with Crippen LogP contribution in [0.4, 0.5) is 0 Å². The number of fused-ring (bicyclic) bond motifs is 4. The summed E-state index contributed by atoms with van der Waals surface area (Å²) in [5.74, 6) is 0.524. The quantitative estimate of drug-likeness (QED) is 0.218. The summed E-state index contributed by atoms with van der Waals surface area (Å²) >= 11 is 0. The SMILES string of the molecule is N=C(N(C1C=Cc2ccccc21)C1C=Cc2ccccc21)N(C1C=Cc2ccccc21)C1C=Cc2ccccc21. The number of guanidine groups is 1.